The maximum Gasteiger partial charge on any atom is 0.272 e. The molecule has 1 aliphatic heterocycles. The van der Waals surface area contributed by atoms with Gasteiger partial charge in [-0.2, -0.15) is 0 Å². The van der Waals surface area contributed by atoms with E-state index in [1.165, 1.54) is 18.6 Å². The van der Waals surface area contributed by atoms with Gasteiger partial charge < -0.3 is 10.2 Å². The molecular formula is C19H22FN3O. The first-order valence-corrected chi connectivity index (χ1v) is 8.47. The van der Waals surface area contributed by atoms with Crippen LogP contribution in [0, 0.1) is 5.82 Å². The van der Waals surface area contributed by atoms with E-state index in [4.69, 9.17) is 0 Å². The summed E-state index contributed by atoms with van der Waals surface area (Å²) in [4.78, 5) is 18.9. The number of pyridine rings is 1. The van der Waals surface area contributed by atoms with Gasteiger partial charge in [-0.3, -0.25) is 4.79 Å². The number of carbonyl (C=O) groups is 1. The number of benzene rings is 1. The molecule has 1 aliphatic rings. The number of carbonyl (C=O) groups excluding carboxylic acids is 1. The van der Waals surface area contributed by atoms with Crippen LogP contribution in [0.5, 0.6) is 0 Å². The molecule has 0 aliphatic carbocycles. The van der Waals surface area contributed by atoms with Crippen molar-refractivity contribution >= 4 is 17.3 Å². The molecule has 1 atom stereocenters. The molecule has 1 saturated heterocycles. The lowest BCUT2D eigenvalue weighted by Gasteiger charge is -2.35. The molecule has 1 aromatic carbocycles. The number of hydrogen-bond donors (Lipinski definition) is 1. The highest BCUT2D eigenvalue weighted by molar-refractivity contribution is 5.92. The van der Waals surface area contributed by atoms with E-state index in [1.807, 2.05) is 4.90 Å². The molecule has 0 saturated carbocycles. The minimum absolute atomic E-state index is 0.00106. The van der Waals surface area contributed by atoms with Crippen molar-refractivity contribution in [3.8, 4) is 0 Å². The zero-order valence-electron chi connectivity index (χ0n) is 13.8. The summed E-state index contributed by atoms with van der Waals surface area (Å²) in [6.45, 7) is 2.93. The maximum atomic E-state index is 13.2. The number of aromatic nitrogens is 1. The third kappa shape index (κ3) is 3.72. The predicted octanol–water partition coefficient (Wildman–Crippen LogP) is 4.37. The summed E-state index contributed by atoms with van der Waals surface area (Å²) < 4.78 is 13.2. The first kappa shape index (κ1) is 16.4. The molecule has 0 spiro atoms. The van der Waals surface area contributed by atoms with Gasteiger partial charge in [-0.25, -0.2) is 9.37 Å². The van der Waals surface area contributed by atoms with Crippen molar-refractivity contribution in [2.45, 2.75) is 38.6 Å². The summed E-state index contributed by atoms with van der Waals surface area (Å²) in [5.41, 5.74) is 1.83. The lowest BCUT2D eigenvalue weighted by Crippen LogP contribution is -2.43. The predicted molar refractivity (Wildman–Crippen MR) is 92.9 cm³/mol. The van der Waals surface area contributed by atoms with E-state index in [1.54, 1.807) is 30.5 Å². The summed E-state index contributed by atoms with van der Waals surface area (Å²) >= 11 is 0. The Morgan fingerprint density at radius 1 is 1.29 bits per heavy atom. The van der Waals surface area contributed by atoms with Crippen LogP contribution in [0.2, 0.25) is 0 Å². The second-order valence-electron chi connectivity index (χ2n) is 6.12. The van der Waals surface area contributed by atoms with Gasteiger partial charge in [0, 0.05) is 18.3 Å². The van der Waals surface area contributed by atoms with E-state index in [0.717, 1.165) is 31.5 Å². The van der Waals surface area contributed by atoms with Crippen molar-refractivity contribution in [3.05, 3.63) is 54.1 Å². The van der Waals surface area contributed by atoms with E-state index in [0.29, 0.717) is 17.4 Å². The minimum atomic E-state index is -0.296. The van der Waals surface area contributed by atoms with Crippen LogP contribution in [0.15, 0.2) is 42.6 Å². The van der Waals surface area contributed by atoms with Crippen LogP contribution < -0.4 is 5.32 Å². The second kappa shape index (κ2) is 7.43. The number of anilines is 2. The molecule has 1 amide bonds. The smallest absolute Gasteiger partial charge is 0.272 e. The molecule has 1 fully saturated rings. The highest BCUT2D eigenvalue weighted by Gasteiger charge is 2.26. The Hall–Kier alpha value is -2.43. The molecule has 2 aromatic rings. The number of halogens is 1. The van der Waals surface area contributed by atoms with Crippen molar-refractivity contribution in [2.75, 3.05) is 11.9 Å². The first-order chi connectivity index (χ1) is 11.7. The van der Waals surface area contributed by atoms with Crippen LogP contribution >= 0.6 is 0 Å². The summed E-state index contributed by atoms with van der Waals surface area (Å²) in [7, 11) is 0. The number of nitrogens with one attached hydrogen (secondary N) is 1. The van der Waals surface area contributed by atoms with Gasteiger partial charge in [0.05, 0.1) is 11.9 Å². The standard InChI is InChI=1S/C19H22FN3O/c1-2-17-8-3-4-11-23(17)19(24)18-10-9-16(13-21-18)22-15-7-5-6-14(20)12-15/h5-7,9-10,12-13,17,22H,2-4,8,11H2,1H3. The van der Waals surface area contributed by atoms with Crippen LogP contribution in [-0.2, 0) is 0 Å². The van der Waals surface area contributed by atoms with Crippen LogP contribution in [0.1, 0.15) is 43.1 Å². The molecule has 5 heteroatoms. The Balaban J connectivity index is 1.70. The summed E-state index contributed by atoms with van der Waals surface area (Å²) in [5.74, 6) is -0.297. The lowest BCUT2D eigenvalue weighted by atomic mass is 9.99. The van der Waals surface area contributed by atoms with Crippen molar-refractivity contribution < 1.29 is 9.18 Å². The van der Waals surface area contributed by atoms with Crippen LogP contribution in [0.25, 0.3) is 0 Å². The quantitative estimate of drug-likeness (QED) is 0.907. The Labute approximate surface area is 141 Å². The first-order valence-electron chi connectivity index (χ1n) is 8.47. The minimum Gasteiger partial charge on any atom is -0.354 e. The summed E-state index contributed by atoms with van der Waals surface area (Å²) in [5, 5.41) is 3.08. The third-order valence-corrected chi connectivity index (χ3v) is 4.46. The second-order valence-corrected chi connectivity index (χ2v) is 6.12. The molecule has 24 heavy (non-hydrogen) atoms. The van der Waals surface area contributed by atoms with Crippen molar-refractivity contribution in [1.29, 1.82) is 0 Å². The SMILES string of the molecule is CCC1CCCCN1C(=O)c1ccc(Nc2cccc(F)c2)cn1. The van der Waals surface area contributed by atoms with E-state index < -0.39 is 0 Å². The fraction of sp³-hybridized carbons (Fsp3) is 0.368. The highest BCUT2D eigenvalue weighted by Crippen LogP contribution is 2.22. The Morgan fingerprint density at radius 2 is 2.17 bits per heavy atom. The fourth-order valence-corrected chi connectivity index (χ4v) is 3.17. The van der Waals surface area contributed by atoms with Crippen molar-refractivity contribution in [1.82, 2.24) is 9.88 Å². The largest absolute Gasteiger partial charge is 0.354 e. The maximum absolute atomic E-state index is 13.2. The van der Waals surface area contributed by atoms with Gasteiger partial charge >= 0.3 is 0 Å². The lowest BCUT2D eigenvalue weighted by molar-refractivity contribution is 0.0602. The zero-order valence-corrected chi connectivity index (χ0v) is 13.8. The molecule has 1 aromatic heterocycles. The molecule has 1 N–H and O–H groups in total. The van der Waals surface area contributed by atoms with Crippen LogP contribution in [0.4, 0.5) is 15.8 Å². The number of nitrogens with zero attached hydrogens (tertiary/aromatic N) is 2. The zero-order chi connectivity index (χ0) is 16.9. The Kier molecular flexibility index (Phi) is 5.08. The number of piperidine rings is 1. The third-order valence-electron chi connectivity index (χ3n) is 4.46. The monoisotopic (exact) mass is 327 g/mol. The summed E-state index contributed by atoms with van der Waals surface area (Å²) in [6, 6.07) is 10.1. The van der Waals surface area contributed by atoms with E-state index in [-0.39, 0.29) is 11.7 Å². The van der Waals surface area contributed by atoms with Crippen LogP contribution in [0.3, 0.4) is 0 Å². The van der Waals surface area contributed by atoms with Crippen LogP contribution in [-0.4, -0.2) is 28.4 Å². The molecular weight excluding hydrogens is 305 g/mol. The number of hydrogen-bond acceptors (Lipinski definition) is 3. The average molecular weight is 327 g/mol. The van der Waals surface area contributed by atoms with E-state index in [2.05, 4.69) is 17.2 Å². The topological polar surface area (TPSA) is 45.2 Å². The average Bonchev–Trinajstić information content (AvgIpc) is 2.62. The van der Waals surface area contributed by atoms with Gasteiger partial charge in [0.1, 0.15) is 11.5 Å². The molecule has 0 radical (unpaired) electrons. The Morgan fingerprint density at radius 3 is 2.88 bits per heavy atom. The van der Waals surface area contributed by atoms with Gasteiger partial charge in [-0.05, 0) is 56.0 Å². The summed E-state index contributed by atoms with van der Waals surface area (Å²) in [6.07, 6.45) is 5.91. The van der Waals surface area contributed by atoms with Gasteiger partial charge in [-0.1, -0.05) is 13.0 Å². The number of likely N-dealkylation sites (tertiary alicyclic amines) is 1. The number of rotatable bonds is 4. The highest BCUT2D eigenvalue weighted by atomic mass is 19.1. The van der Waals surface area contributed by atoms with Gasteiger partial charge in [0.25, 0.3) is 5.91 Å². The fourth-order valence-electron chi connectivity index (χ4n) is 3.17. The van der Waals surface area contributed by atoms with Gasteiger partial charge in [0.2, 0.25) is 0 Å². The van der Waals surface area contributed by atoms with E-state index >= 15 is 0 Å². The van der Waals surface area contributed by atoms with Gasteiger partial charge in [-0.15, -0.1) is 0 Å². The Bertz CT molecular complexity index is 702. The number of amides is 1. The van der Waals surface area contributed by atoms with Crippen molar-refractivity contribution in [2.24, 2.45) is 0 Å². The molecule has 126 valence electrons. The normalized spacial score (nSPS) is 17.6. The van der Waals surface area contributed by atoms with Gasteiger partial charge in [0.15, 0.2) is 0 Å². The molecule has 3 rings (SSSR count). The molecule has 1 unspecified atom stereocenters. The van der Waals surface area contributed by atoms with E-state index in [9.17, 15) is 9.18 Å². The molecule has 0 bridgehead atoms. The molecule has 4 nitrogen and oxygen atoms in total. The molecule has 2 heterocycles. The van der Waals surface area contributed by atoms with Crippen molar-refractivity contribution in [3.63, 3.8) is 0 Å².